The zero-order valence-corrected chi connectivity index (χ0v) is 15.7. The van der Waals surface area contributed by atoms with Crippen LogP contribution in [0.25, 0.3) is 0 Å². The summed E-state index contributed by atoms with van der Waals surface area (Å²) in [6, 6.07) is 12.0. The summed E-state index contributed by atoms with van der Waals surface area (Å²) in [5.41, 5.74) is 3.15. The first-order valence-electron chi connectivity index (χ1n) is 8.40. The Kier molecular flexibility index (Phi) is 5.18. The number of aryl methyl sites for hydroxylation is 1. The molecule has 1 amide bonds. The van der Waals surface area contributed by atoms with Crippen molar-refractivity contribution in [3.63, 3.8) is 0 Å². The van der Waals surface area contributed by atoms with Gasteiger partial charge in [-0.05, 0) is 54.8 Å². The molecule has 6 nitrogen and oxygen atoms in total. The average molecular weight is 374 g/mol. The number of amides is 1. The quantitative estimate of drug-likeness (QED) is 0.870. The molecule has 0 radical (unpaired) electrons. The summed E-state index contributed by atoms with van der Waals surface area (Å²) >= 11 is 0. The van der Waals surface area contributed by atoms with Crippen molar-refractivity contribution < 1.29 is 17.9 Å². The van der Waals surface area contributed by atoms with Gasteiger partial charge in [-0.3, -0.25) is 4.79 Å². The monoisotopic (exact) mass is 374 g/mol. The van der Waals surface area contributed by atoms with Crippen molar-refractivity contribution in [2.75, 3.05) is 36.7 Å². The standard InChI is InChI=1S/C19H22N2O4S/c1-21-10-4-5-14-11-15(8-9-18(14)21)20-19(22)13-25-16-6-3-7-17(12-16)26(2,23)24/h3,6-9,11-12H,4-5,10,13H2,1-2H3,(H,20,22). The van der Waals surface area contributed by atoms with Crippen LogP contribution in [-0.2, 0) is 21.1 Å². The first-order chi connectivity index (χ1) is 12.3. The summed E-state index contributed by atoms with van der Waals surface area (Å²) < 4.78 is 28.6. The minimum atomic E-state index is -3.31. The molecule has 0 aliphatic carbocycles. The third-order valence-corrected chi connectivity index (χ3v) is 5.43. The lowest BCUT2D eigenvalue weighted by atomic mass is 10.0. The van der Waals surface area contributed by atoms with E-state index >= 15 is 0 Å². The van der Waals surface area contributed by atoms with Gasteiger partial charge in [-0.2, -0.15) is 0 Å². The van der Waals surface area contributed by atoms with Crippen LogP contribution in [-0.4, -0.2) is 40.8 Å². The van der Waals surface area contributed by atoms with Gasteiger partial charge in [0.1, 0.15) is 5.75 Å². The number of nitrogens with zero attached hydrogens (tertiary/aromatic N) is 1. The molecule has 0 aromatic heterocycles. The number of ether oxygens (including phenoxy) is 1. The van der Waals surface area contributed by atoms with E-state index in [1.54, 1.807) is 12.1 Å². The number of hydrogen-bond donors (Lipinski definition) is 1. The van der Waals surface area contributed by atoms with Gasteiger partial charge in [-0.15, -0.1) is 0 Å². The summed E-state index contributed by atoms with van der Waals surface area (Å²) in [6.07, 6.45) is 3.23. The molecule has 2 aromatic rings. The molecule has 138 valence electrons. The highest BCUT2D eigenvalue weighted by molar-refractivity contribution is 7.90. The van der Waals surface area contributed by atoms with Crippen molar-refractivity contribution in [3.05, 3.63) is 48.0 Å². The molecule has 0 spiro atoms. The molecule has 1 aliphatic heterocycles. The maximum atomic E-state index is 12.1. The van der Waals surface area contributed by atoms with Crippen molar-refractivity contribution in [2.45, 2.75) is 17.7 Å². The van der Waals surface area contributed by atoms with Crippen molar-refractivity contribution in [3.8, 4) is 5.75 Å². The molecule has 2 aromatic carbocycles. The third-order valence-electron chi connectivity index (χ3n) is 4.32. The number of sulfone groups is 1. The first-order valence-corrected chi connectivity index (χ1v) is 10.3. The predicted octanol–water partition coefficient (Wildman–Crippen LogP) is 2.49. The number of rotatable bonds is 5. The normalized spacial score (nSPS) is 13.8. The molecular weight excluding hydrogens is 352 g/mol. The molecule has 1 aliphatic rings. The first kappa shape index (κ1) is 18.3. The lowest BCUT2D eigenvalue weighted by Crippen LogP contribution is -2.25. The highest BCUT2D eigenvalue weighted by Crippen LogP contribution is 2.28. The fourth-order valence-electron chi connectivity index (χ4n) is 3.00. The van der Waals surface area contributed by atoms with Crippen molar-refractivity contribution in [2.24, 2.45) is 0 Å². The van der Waals surface area contributed by atoms with Gasteiger partial charge in [0.25, 0.3) is 5.91 Å². The van der Waals surface area contributed by atoms with Gasteiger partial charge in [0.2, 0.25) is 0 Å². The largest absolute Gasteiger partial charge is 0.484 e. The summed E-state index contributed by atoms with van der Waals surface area (Å²) in [4.78, 5) is 14.5. The lowest BCUT2D eigenvalue weighted by Gasteiger charge is -2.27. The van der Waals surface area contributed by atoms with Gasteiger partial charge in [-0.1, -0.05) is 6.07 Å². The minimum absolute atomic E-state index is 0.161. The second kappa shape index (κ2) is 7.37. The second-order valence-corrected chi connectivity index (χ2v) is 8.47. The molecule has 0 saturated heterocycles. The smallest absolute Gasteiger partial charge is 0.262 e. The van der Waals surface area contributed by atoms with E-state index in [1.807, 2.05) is 18.2 Å². The molecular formula is C19H22N2O4S. The zero-order chi connectivity index (χ0) is 18.7. The fraction of sp³-hybridized carbons (Fsp3) is 0.316. The number of anilines is 2. The van der Waals surface area contributed by atoms with Crippen molar-refractivity contribution in [1.82, 2.24) is 0 Å². The minimum Gasteiger partial charge on any atom is -0.484 e. The SMILES string of the molecule is CN1CCCc2cc(NC(=O)COc3cccc(S(C)(=O)=O)c3)ccc21. The summed E-state index contributed by atoms with van der Waals surface area (Å²) in [6.45, 7) is 0.850. The molecule has 0 bridgehead atoms. The maximum Gasteiger partial charge on any atom is 0.262 e. The Morgan fingerprint density at radius 1 is 1.23 bits per heavy atom. The second-order valence-electron chi connectivity index (χ2n) is 6.45. The van der Waals surface area contributed by atoms with Crippen LogP contribution < -0.4 is 15.0 Å². The van der Waals surface area contributed by atoms with Crippen LogP contribution in [0.5, 0.6) is 5.75 Å². The third kappa shape index (κ3) is 4.35. The number of nitrogens with one attached hydrogen (secondary N) is 1. The van der Waals surface area contributed by atoms with E-state index in [0.717, 1.165) is 31.3 Å². The van der Waals surface area contributed by atoms with Crippen LogP contribution in [0.4, 0.5) is 11.4 Å². The Labute approximate surface area is 153 Å². The number of hydrogen-bond acceptors (Lipinski definition) is 5. The number of carbonyl (C=O) groups is 1. The van der Waals surface area contributed by atoms with E-state index in [-0.39, 0.29) is 17.4 Å². The molecule has 26 heavy (non-hydrogen) atoms. The van der Waals surface area contributed by atoms with Crippen LogP contribution >= 0.6 is 0 Å². The molecule has 0 saturated carbocycles. The van der Waals surface area contributed by atoms with Crippen LogP contribution in [0.2, 0.25) is 0 Å². The van der Waals surface area contributed by atoms with Gasteiger partial charge >= 0.3 is 0 Å². The van der Waals surface area contributed by atoms with Gasteiger partial charge in [0.15, 0.2) is 16.4 Å². The highest BCUT2D eigenvalue weighted by Gasteiger charge is 2.14. The van der Waals surface area contributed by atoms with Gasteiger partial charge < -0.3 is 15.0 Å². The van der Waals surface area contributed by atoms with E-state index < -0.39 is 9.84 Å². The molecule has 7 heteroatoms. The van der Waals surface area contributed by atoms with Crippen molar-refractivity contribution >= 4 is 27.1 Å². The Morgan fingerprint density at radius 2 is 2.04 bits per heavy atom. The Hall–Kier alpha value is -2.54. The molecule has 0 fully saturated rings. The van der Waals surface area contributed by atoms with Crippen LogP contribution in [0.1, 0.15) is 12.0 Å². The zero-order valence-electron chi connectivity index (χ0n) is 14.9. The molecule has 0 atom stereocenters. The summed E-state index contributed by atoms with van der Waals surface area (Å²) in [5, 5.41) is 2.82. The Morgan fingerprint density at radius 3 is 2.81 bits per heavy atom. The molecule has 3 rings (SSSR count). The summed E-state index contributed by atoms with van der Waals surface area (Å²) in [5.74, 6) is 0.0500. The number of benzene rings is 2. The van der Waals surface area contributed by atoms with Gasteiger partial charge in [0, 0.05) is 31.2 Å². The van der Waals surface area contributed by atoms with E-state index in [4.69, 9.17) is 4.74 Å². The summed E-state index contributed by atoms with van der Waals surface area (Å²) in [7, 11) is -1.25. The Balaban J connectivity index is 1.61. The highest BCUT2D eigenvalue weighted by atomic mass is 32.2. The lowest BCUT2D eigenvalue weighted by molar-refractivity contribution is -0.118. The van der Waals surface area contributed by atoms with Crippen LogP contribution in [0, 0.1) is 0 Å². The topological polar surface area (TPSA) is 75.7 Å². The van der Waals surface area contributed by atoms with Gasteiger partial charge in [-0.25, -0.2) is 8.42 Å². The van der Waals surface area contributed by atoms with Crippen molar-refractivity contribution in [1.29, 1.82) is 0 Å². The van der Waals surface area contributed by atoms with E-state index in [9.17, 15) is 13.2 Å². The molecule has 1 heterocycles. The molecule has 1 N–H and O–H groups in total. The average Bonchev–Trinajstić information content (AvgIpc) is 2.60. The maximum absolute atomic E-state index is 12.1. The number of carbonyl (C=O) groups excluding carboxylic acids is 1. The fourth-order valence-corrected chi connectivity index (χ4v) is 3.66. The number of fused-ring (bicyclic) bond motifs is 1. The van der Waals surface area contributed by atoms with E-state index in [0.29, 0.717) is 5.75 Å². The van der Waals surface area contributed by atoms with Gasteiger partial charge in [0.05, 0.1) is 4.90 Å². The van der Waals surface area contributed by atoms with Crippen LogP contribution in [0.3, 0.4) is 0 Å². The van der Waals surface area contributed by atoms with E-state index in [2.05, 4.69) is 17.3 Å². The molecule has 0 unspecified atom stereocenters. The predicted molar refractivity (Wildman–Crippen MR) is 102 cm³/mol. The van der Waals surface area contributed by atoms with E-state index in [1.165, 1.54) is 23.4 Å². The van der Waals surface area contributed by atoms with Crippen LogP contribution in [0.15, 0.2) is 47.4 Å². The Bertz CT molecular complexity index is 925.